The second-order valence-electron chi connectivity index (χ2n) is 30.7. The van der Waals surface area contributed by atoms with E-state index in [4.69, 9.17) is 9.47 Å². The number of ether oxygens (including phenoxy) is 2. The third-order valence-corrected chi connectivity index (χ3v) is 21.1. The molecule has 1 N–H and O–H groups in total. The zero-order valence-electron chi connectivity index (χ0n) is 64.8. The van der Waals surface area contributed by atoms with Crippen molar-refractivity contribution in [1.82, 2.24) is 0 Å². The van der Waals surface area contributed by atoms with Gasteiger partial charge in [0.2, 0.25) is 0 Å². The molecule has 1 unspecified atom stereocenters. The minimum atomic E-state index is -0.768. The summed E-state index contributed by atoms with van der Waals surface area (Å²) in [6.07, 6.45) is 114. The highest BCUT2D eigenvalue weighted by molar-refractivity contribution is 5.70. The summed E-state index contributed by atoms with van der Waals surface area (Å²) in [7, 11) is 0. The highest BCUT2D eigenvalue weighted by Crippen LogP contribution is 2.22. The highest BCUT2D eigenvalue weighted by Gasteiger charge is 2.16. The van der Waals surface area contributed by atoms with Gasteiger partial charge in [0.05, 0.1) is 6.61 Å². The second-order valence-corrected chi connectivity index (χ2v) is 30.7. The molecule has 0 aromatic carbocycles. The van der Waals surface area contributed by atoms with E-state index in [1.165, 1.54) is 469 Å². The van der Waals surface area contributed by atoms with Crippen LogP contribution in [0, 0.1) is 0 Å². The molecule has 0 saturated carbocycles. The van der Waals surface area contributed by atoms with Gasteiger partial charge in [-0.3, -0.25) is 9.59 Å². The van der Waals surface area contributed by atoms with Gasteiger partial charge >= 0.3 is 11.9 Å². The van der Waals surface area contributed by atoms with Gasteiger partial charge in [-0.25, -0.2) is 0 Å². The third kappa shape index (κ3) is 83.1. The van der Waals surface area contributed by atoms with Crippen molar-refractivity contribution in [3.8, 4) is 0 Å². The molecule has 0 aromatic rings. The largest absolute Gasteiger partial charge is 0.462 e. The molecular weight excluding hydrogens is 1150 g/mol. The van der Waals surface area contributed by atoms with Gasteiger partial charge in [-0.05, 0) is 38.5 Å². The van der Waals surface area contributed by atoms with Crippen LogP contribution in [0.5, 0.6) is 0 Å². The first-order valence-electron chi connectivity index (χ1n) is 44.2. The van der Waals surface area contributed by atoms with Crippen LogP contribution in [0.1, 0.15) is 528 Å². The Hall–Kier alpha value is -1.36. The number of unbranched alkanes of at least 4 members (excludes halogenated alkanes) is 75. The van der Waals surface area contributed by atoms with Gasteiger partial charge < -0.3 is 14.6 Å². The minimum Gasteiger partial charge on any atom is -0.462 e. The van der Waals surface area contributed by atoms with Gasteiger partial charge in [0.15, 0.2) is 6.10 Å². The smallest absolute Gasteiger partial charge is 0.306 e. The fourth-order valence-electron chi connectivity index (χ4n) is 14.4. The van der Waals surface area contributed by atoms with E-state index in [9.17, 15) is 14.7 Å². The maximum atomic E-state index is 12.4. The van der Waals surface area contributed by atoms with Crippen molar-refractivity contribution >= 4 is 11.9 Å². The van der Waals surface area contributed by atoms with Crippen LogP contribution < -0.4 is 0 Å². The lowest BCUT2D eigenvalue weighted by molar-refractivity contribution is -0.161. The number of hydrogen-bond donors (Lipinski definition) is 1. The predicted molar refractivity (Wildman–Crippen MR) is 418 cm³/mol. The number of allylic oxidation sites excluding steroid dienone is 2. The average Bonchev–Trinajstić information content (AvgIpc) is 3.65. The molecule has 0 fully saturated rings. The topological polar surface area (TPSA) is 72.8 Å². The molecule has 1 atom stereocenters. The lowest BCUT2D eigenvalue weighted by atomic mass is 10.0. The lowest BCUT2D eigenvalue weighted by Gasteiger charge is -2.15. The number of aliphatic hydroxyl groups is 1. The molecule has 560 valence electrons. The Balaban J connectivity index is 3.32. The van der Waals surface area contributed by atoms with E-state index in [1.807, 2.05) is 0 Å². The van der Waals surface area contributed by atoms with E-state index in [2.05, 4.69) is 26.0 Å². The van der Waals surface area contributed by atoms with Crippen molar-refractivity contribution in [3.63, 3.8) is 0 Å². The Bertz CT molecular complexity index is 1410. The van der Waals surface area contributed by atoms with Gasteiger partial charge in [0, 0.05) is 12.8 Å². The van der Waals surface area contributed by atoms with Gasteiger partial charge in [-0.1, -0.05) is 488 Å². The molecule has 0 amide bonds. The zero-order valence-corrected chi connectivity index (χ0v) is 64.8. The molecule has 0 heterocycles. The molecule has 0 aliphatic carbocycles. The Kier molecular flexibility index (Phi) is 84.6. The molecule has 0 rings (SSSR count). The highest BCUT2D eigenvalue weighted by atomic mass is 16.6. The number of rotatable bonds is 85. The van der Waals surface area contributed by atoms with Crippen LogP contribution in [0.4, 0.5) is 0 Å². The lowest BCUT2D eigenvalue weighted by Crippen LogP contribution is -2.28. The SMILES string of the molecule is CCCCCCCCCC/C=C\CCCCCCCCCCCCCCCCCCCCCCCCCCCCCC(=O)OC(CO)COC(=O)CCCCCCCCCCCCCCCCCCCCCCCCCCCCCCCCCCCCCCCCCCC. The van der Waals surface area contributed by atoms with Crippen LogP contribution in [0.3, 0.4) is 0 Å². The summed E-state index contributed by atoms with van der Waals surface area (Å²) in [6.45, 7) is 4.23. The molecule has 0 spiro atoms. The fourth-order valence-corrected chi connectivity index (χ4v) is 14.4. The summed E-state index contributed by atoms with van der Waals surface area (Å²) in [5.74, 6) is -0.555. The van der Waals surface area contributed by atoms with Gasteiger partial charge in [0.1, 0.15) is 6.61 Å². The molecule has 0 saturated heterocycles. The number of aliphatic hydroxyl groups excluding tert-OH is 1. The number of esters is 2. The molecule has 0 aliphatic heterocycles. The number of hydrogen-bond acceptors (Lipinski definition) is 5. The van der Waals surface area contributed by atoms with Crippen molar-refractivity contribution in [1.29, 1.82) is 0 Å². The van der Waals surface area contributed by atoms with Crippen LogP contribution in [-0.2, 0) is 19.1 Å². The molecule has 94 heavy (non-hydrogen) atoms. The first-order valence-corrected chi connectivity index (χ1v) is 44.2. The van der Waals surface area contributed by atoms with E-state index >= 15 is 0 Å². The molecule has 0 radical (unpaired) electrons. The Labute approximate surface area is 592 Å². The summed E-state index contributed by atoms with van der Waals surface area (Å²) < 4.78 is 10.8. The summed E-state index contributed by atoms with van der Waals surface area (Å²) in [6, 6.07) is 0. The van der Waals surface area contributed by atoms with Crippen LogP contribution >= 0.6 is 0 Å². The van der Waals surface area contributed by atoms with Crippen molar-refractivity contribution in [2.45, 2.75) is 534 Å². The first-order chi connectivity index (χ1) is 46.6. The first kappa shape index (κ1) is 92.6. The van der Waals surface area contributed by atoms with E-state index < -0.39 is 6.10 Å². The van der Waals surface area contributed by atoms with E-state index in [0.29, 0.717) is 12.8 Å². The van der Waals surface area contributed by atoms with Crippen molar-refractivity contribution in [2.75, 3.05) is 13.2 Å². The van der Waals surface area contributed by atoms with Crippen LogP contribution in [0.15, 0.2) is 12.2 Å². The number of carbonyl (C=O) groups excluding carboxylic acids is 2. The van der Waals surface area contributed by atoms with Crippen LogP contribution in [-0.4, -0.2) is 36.4 Å². The summed E-state index contributed by atoms with van der Waals surface area (Å²) in [5.41, 5.74) is 0. The Morgan fingerprint density at radius 1 is 0.234 bits per heavy atom. The number of carbonyl (C=O) groups is 2. The van der Waals surface area contributed by atoms with Crippen molar-refractivity contribution < 1.29 is 24.2 Å². The summed E-state index contributed by atoms with van der Waals surface area (Å²) >= 11 is 0. The van der Waals surface area contributed by atoms with Crippen LogP contribution in [0.2, 0.25) is 0 Å². The standard InChI is InChI=1S/C89H174O5/c1-3-5-7-9-11-13-15-17-19-21-23-25-27-29-31-33-35-37-39-41-43-44-46-47-49-51-53-55-57-59-61-63-65-67-69-71-73-75-77-79-81-83-88(91)93-86-87(85-90)94-89(92)84-82-80-78-76-74-72-70-68-66-64-62-60-58-56-54-52-50-48-45-42-40-38-36-34-32-30-28-26-24-22-20-18-16-14-12-10-8-6-4-2/h22,24,87,90H,3-21,23,25-86H2,1-2H3/b24-22-. The fraction of sp³-hybridized carbons (Fsp3) is 0.955. The minimum absolute atomic E-state index is 0.0558. The molecule has 0 aliphatic rings. The van der Waals surface area contributed by atoms with Gasteiger partial charge in [-0.2, -0.15) is 0 Å². The Morgan fingerprint density at radius 2 is 0.394 bits per heavy atom. The van der Waals surface area contributed by atoms with E-state index in [0.717, 1.165) is 32.1 Å². The maximum absolute atomic E-state index is 12.4. The second kappa shape index (κ2) is 85.9. The van der Waals surface area contributed by atoms with Gasteiger partial charge in [0.25, 0.3) is 0 Å². The molecule has 5 nitrogen and oxygen atoms in total. The summed E-state index contributed by atoms with van der Waals surface area (Å²) in [4.78, 5) is 24.8. The van der Waals surface area contributed by atoms with Crippen LogP contribution in [0.25, 0.3) is 0 Å². The maximum Gasteiger partial charge on any atom is 0.306 e. The van der Waals surface area contributed by atoms with Crippen molar-refractivity contribution in [2.24, 2.45) is 0 Å². The Morgan fingerprint density at radius 3 is 0.574 bits per heavy atom. The predicted octanol–water partition coefficient (Wildman–Crippen LogP) is 31.2. The molecule has 0 bridgehead atoms. The van der Waals surface area contributed by atoms with E-state index in [1.54, 1.807) is 0 Å². The zero-order chi connectivity index (χ0) is 67.5. The van der Waals surface area contributed by atoms with E-state index in [-0.39, 0.29) is 25.2 Å². The third-order valence-electron chi connectivity index (χ3n) is 21.1. The normalized spacial score (nSPS) is 12.1. The van der Waals surface area contributed by atoms with Gasteiger partial charge in [-0.15, -0.1) is 0 Å². The quantitative estimate of drug-likeness (QED) is 0.0373. The summed E-state index contributed by atoms with van der Waals surface area (Å²) in [5, 5.41) is 9.74. The molecule has 5 heteroatoms. The average molecular weight is 1320 g/mol. The van der Waals surface area contributed by atoms with Crippen molar-refractivity contribution in [3.05, 3.63) is 12.2 Å². The molecular formula is C89H174O5. The molecule has 0 aromatic heterocycles. The monoisotopic (exact) mass is 1320 g/mol.